The van der Waals surface area contributed by atoms with E-state index in [1.165, 1.54) is 5.56 Å². The van der Waals surface area contributed by atoms with E-state index in [4.69, 9.17) is 0 Å². The number of nitrogens with zero attached hydrogens (tertiary/aromatic N) is 2. The molecule has 0 radical (unpaired) electrons. The van der Waals surface area contributed by atoms with Crippen molar-refractivity contribution in [2.45, 2.75) is 32.2 Å². The van der Waals surface area contributed by atoms with E-state index in [0.29, 0.717) is 5.92 Å². The van der Waals surface area contributed by atoms with Crippen LogP contribution in [-0.2, 0) is 0 Å². The predicted molar refractivity (Wildman–Crippen MR) is 84.5 cm³/mol. The van der Waals surface area contributed by atoms with E-state index in [2.05, 4.69) is 48.5 Å². The summed E-state index contributed by atoms with van der Waals surface area (Å²) in [7, 11) is 0. The molecule has 2 aromatic rings. The third kappa shape index (κ3) is 2.90. The van der Waals surface area contributed by atoms with E-state index >= 15 is 0 Å². The molecule has 4 heteroatoms. The Balaban J connectivity index is 1.95. The van der Waals surface area contributed by atoms with Crippen LogP contribution in [0.4, 0.5) is 0 Å². The highest BCUT2D eigenvalue weighted by Gasteiger charge is 2.18. The molecule has 1 aromatic heterocycles. The summed E-state index contributed by atoms with van der Waals surface area (Å²) in [5.41, 5.74) is 3.20. The Kier molecular flexibility index (Phi) is 3.88. The molecule has 0 bridgehead atoms. The zero-order valence-electron chi connectivity index (χ0n) is 12.5. The fraction of sp³-hybridized carbons (Fsp3) is 0.412. The maximum absolute atomic E-state index is 12.0. The molecule has 21 heavy (non-hydrogen) atoms. The second kappa shape index (κ2) is 5.82. The van der Waals surface area contributed by atoms with E-state index in [0.717, 1.165) is 30.8 Å². The lowest BCUT2D eigenvalue weighted by atomic mass is 10.0. The second-order valence-corrected chi connectivity index (χ2v) is 5.92. The molecule has 1 aromatic carbocycles. The lowest BCUT2D eigenvalue weighted by Crippen LogP contribution is -2.28. The van der Waals surface area contributed by atoms with Crippen LogP contribution in [0, 0.1) is 0 Å². The zero-order chi connectivity index (χ0) is 14.8. The number of hydrogen-bond donors (Lipinski definition) is 1. The van der Waals surface area contributed by atoms with E-state index < -0.39 is 0 Å². The standard InChI is InChI=1S/C17H21N3O/c1-12(2)13-3-5-14(6-4-13)16-7-8-17(21)20(19-16)15-9-10-18-11-15/h3-8,12,15,18H,9-11H2,1-2H3. The minimum atomic E-state index is -0.0220. The molecule has 1 saturated heterocycles. The van der Waals surface area contributed by atoms with Crippen LogP contribution in [0.2, 0.25) is 0 Å². The normalized spacial score (nSPS) is 18.3. The second-order valence-electron chi connectivity index (χ2n) is 5.92. The van der Waals surface area contributed by atoms with Crippen molar-refractivity contribution in [2.75, 3.05) is 13.1 Å². The number of aromatic nitrogens is 2. The van der Waals surface area contributed by atoms with Gasteiger partial charge in [-0.15, -0.1) is 0 Å². The third-order valence-corrected chi connectivity index (χ3v) is 4.08. The van der Waals surface area contributed by atoms with Crippen molar-refractivity contribution in [1.82, 2.24) is 15.1 Å². The van der Waals surface area contributed by atoms with Gasteiger partial charge in [0.25, 0.3) is 5.56 Å². The van der Waals surface area contributed by atoms with Gasteiger partial charge in [0, 0.05) is 18.2 Å². The third-order valence-electron chi connectivity index (χ3n) is 4.08. The average molecular weight is 283 g/mol. The first-order valence-electron chi connectivity index (χ1n) is 7.56. The van der Waals surface area contributed by atoms with Gasteiger partial charge in [-0.1, -0.05) is 38.1 Å². The van der Waals surface area contributed by atoms with Crippen molar-refractivity contribution in [1.29, 1.82) is 0 Å². The highest BCUT2D eigenvalue weighted by Crippen LogP contribution is 2.21. The van der Waals surface area contributed by atoms with E-state index in [1.807, 2.05) is 6.07 Å². The zero-order valence-corrected chi connectivity index (χ0v) is 12.5. The summed E-state index contributed by atoms with van der Waals surface area (Å²) < 4.78 is 1.63. The first-order valence-corrected chi connectivity index (χ1v) is 7.56. The summed E-state index contributed by atoms with van der Waals surface area (Å²) >= 11 is 0. The van der Waals surface area contributed by atoms with Crippen LogP contribution in [0.25, 0.3) is 11.3 Å². The lowest BCUT2D eigenvalue weighted by molar-refractivity contribution is 0.467. The summed E-state index contributed by atoms with van der Waals surface area (Å²) in [6.45, 7) is 6.13. The molecule has 1 unspecified atom stereocenters. The maximum Gasteiger partial charge on any atom is 0.267 e. The fourth-order valence-electron chi connectivity index (χ4n) is 2.73. The molecule has 2 heterocycles. The summed E-state index contributed by atoms with van der Waals surface area (Å²) in [6.07, 6.45) is 0.961. The van der Waals surface area contributed by atoms with Gasteiger partial charge in [-0.3, -0.25) is 4.79 Å². The van der Waals surface area contributed by atoms with Crippen LogP contribution in [0.5, 0.6) is 0 Å². The van der Waals surface area contributed by atoms with Crippen molar-refractivity contribution in [3.8, 4) is 11.3 Å². The van der Waals surface area contributed by atoms with Crippen LogP contribution >= 0.6 is 0 Å². The van der Waals surface area contributed by atoms with Crippen molar-refractivity contribution >= 4 is 0 Å². The van der Waals surface area contributed by atoms with Crippen molar-refractivity contribution < 1.29 is 0 Å². The Morgan fingerprint density at radius 3 is 2.57 bits per heavy atom. The quantitative estimate of drug-likeness (QED) is 0.941. The molecule has 0 aliphatic carbocycles. The molecule has 0 amide bonds. The maximum atomic E-state index is 12.0. The van der Waals surface area contributed by atoms with Gasteiger partial charge in [-0.05, 0) is 30.5 Å². The fourth-order valence-corrected chi connectivity index (χ4v) is 2.73. The summed E-state index contributed by atoms with van der Waals surface area (Å²) in [5, 5.41) is 7.84. The molecule has 1 N–H and O–H groups in total. The predicted octanol–water partition coefficient (Wildman–Crippen LogP) is 2.57. The SMILES string of the molecule is CC(C)c1ccc(-c2ccc(=O)n(C3CCNC3)n2)cc1. The van der Waals surface area contributed by atoms with Crippen LogP contribution in [0.3, 0.4) is 0 Å². The summed E-state index contributed by atoms with van der Waals surface area (Å²) in [5.74, 6) is 0.519. The molecule has 3 rings (SSSR count). The highest BCUT2D eigenvalue weighted by molar-refractivity contribution is 5.58. The summed E-state index contributed by atoms with van der Waals surface area (Å²) in [4.78, 5) is 12.0. The number of nitrogens with one attached hydrogen (secondary N) is 1. The van der Waals surface area contributed by atoms with Crippen molar-refractivity contribution in [3.05, 3.63) is 52.3 Å². The number of hydrogen-bond acceptors (Lipinski definition) is 3. The lowest BCUT2D eigenvalue weighted by Gasteiger charge is -2.13. The van der Waals surface area contributed by atoms with Crippen LogP contribution in [-0.4, -0.2) is 22.9 Å². The van der Waals surface area contributed by atoms with Crippen LogP contribution < -0.4 is 10.9 Å². The van der Waals surface area contributed by atoms with Gasteiger partial charge < -0.3 is 5.32 Å². The molecule has 4 nitrogen and oxygen atoms in total. The topological polar surface area (TPSA) is 46.9 Å². The monoisotopic (exact) mass is 283 g/mol. The average Bonchev–Trinajstić information content (AvgIpc) is 3.02. The molecule has 1 aliphatic rings. The Bertz CT molecular complexity index is 667. The molecule has 1 atom stereocenters. The molecular weight excluding hydrogens is 262 g/mol. The minimum Gasteiger partial charge on any atom is -0.315 e. The van der Waals surface area contributed by atoms with Crippen molar-refractivity contribution in [3.63, 3.8) is 0 Å². The first-order chi connectivity index (χ1) is 10.1. The molecule has 0 spiro atoms. The van der Waals surface area contributed by atoms with E-state index in [1.54, 1.807) is 10.7 Å². The Labute approximate surface area is 124 Å². The molecular formula is C17H21N3O. The molecule has 110 valence electrons. The van der Waals surface area contributed by atoms with Gasteiger partial charge in [0.05, 0.1) is 11.7 Å². The first kappa shape index (κ1) is 14.0. The number of benzene rings is 1. The van der Waals surface area contributed by atoms with Gasteiger partial charge in [0.15, 0.2) is 0 Å². The Hall–Kier alpha value is -1.94. The van der Waals surface area contributed by atoms with Crippen LogP contribution in [0.15, 0.2) is 41.2 Å². The smallest absolute Gasteiger partial charge is 0.267 e. The van der Waals surface area contributed by atoms with Gasteiger partial charge >= 0.3 is 0 Å². The van der Waals surface area contributed by atoms with Crippen LogP contribution in [0.1, 0.15) is 37.8 Å². The molecule has 1 fully saturated rings. The summed E-state index contributed by atoms with van der Waals surface area (Å²) in [6, 6.07) is 12.0. The highest BCUT2D eigenvalue weighted by atomic mass is 16.1. The van der Waals surface area contributed by atoms with Gasteiger partial charge in [-0.25, -0.2) is 4.68 Å². The van der Waals surface area contributed by atoms with Gasteiger partial charge in [0.1, 0.15) is 0 Å². The minimum absolute atomic E-state index is 0.0220. The van der Waals surface area contributed by atoms with E-state index in [9.17, 15) is 4.79 Å². The number of rotatable bonds is 3. The van der Waals surface area contributed by atoms with Gasteiger partial charge in [0.2, 0.25) is 0 Å². The van der Waals surface area contributed by atoms with E-state index in [-0.39, 0.29) is 11.6 Å². The Morgan fingerprint density at radius 1 is 1.19 bits per heavy atom. The van der Waals surface area contributed by atoms with Crippen molar-refractivity contribution in [2.24, 2.45) is 0 Å². The van der Waals surface area contributed by atoms with Gasteiger partial charge in [-0.2, -0.15) is 5.10 Å². The molecule has 1 aliphatic heterocycles. The Morgan fingerprint density at radius 2 is 1.95 bits per heavy atom. The molecule has 0 saturated carbocycles. The largest absolute Gasteiger partial charge is 0.315 e.